The minimum Gasteiger partial charge on any atom is -0.354 e. The van der Waals surface area contributed by atoms with Gasteiger partial charge < -0.3 is 10.2 Å². The molecule has 186 valence electrons. The monoisotopic (exact) mass is 551 g/mol. The summed E-state index contributed by atoms with van der Waals surface area (Å²) in [6.07, 6.45) is 3.26. The molecule has 0 aliphatic heterocycles. The van der Waals surface area contributed by atoms with E-state index in [1.54, 1.807) is 24.3 Å². The number of unbranched alkanes of at least 4 members (excludes halogenated alkanes) is 1. The molecule has 0 radical (unpaired) electrons. The molecule has 9 heteroatoms. The van der Waals surface area contributed by atoms with Gasteiger partial charge in [-0.3, -0.25) is 13.9 Å². The molecule has 0 aliphatic rings. The summed E-state index contributed by atoms with van der Waals surface area (Å²) < 4.78 is 26.9. The molecule has 0 bridgehead atoms. The number of amides is 2. The molecule has 0 aromatic heterocycles. The number of rotatable bonds is 12. The van der Waals surface area contributed by atoms with Crippen LogP contribution in [0.3, 0.4) is 0 Å². The van der Waals surface area contributed by atoms with Crippen molar-refractivity contribution in [3.8, 4) is 0 Å². The Labute approximate surface area is 211 Å². The van der Waals surface area contributed by atoms with Crippen molar-refractivity contribution < 1.29 is 18.0 Å². The van der Waals surface area contributed by atoms with E-state index in [-0.39, 0.29) is 12.5 Å². The van der Waals surface area contributed by atoms with Crippen LogP contribution in [0.25, 0.3) is 0 Å². The molecule has 0 saturated heterocycles. The fraction of sp³-hybridized carbons (Fsp3) is 0.440. The van der Waals surface area contributed by atoms with Crippen LogP contribution in [-0.2, 0) is 26.2 Å². The fourth-order valence-corrected chi connectivity index (χ4v) is 5.12. The molecule has 0 fully saturated rings. The number of sulfonamides is 1. The van der Waals surface area contributed by atoms with Crippen LogP contribution < -0.4 is 9.62 Å². The summed E-state index contributed by atoms with van der Waals surface area (Å²) in [4.78, 5) is 28.2. The zero-order chi connectivity index (χ0) is 25.3. The van der Waals surface area contributed by atoms with Gasteiger partial charge in [-0.25, -0.2) is 8.42 Å². The molecule has 0 spiro atoms. The van der Waals surface area contributed by atoms with Crippen molar-refractivity contribution in [2.24, 2.45) is 0 Å². The third kappa shape index (κ3) is 7.56. The molecule has 0 saturated carbocycles. The Balaban J connectivity index is 2.43. The molecule has 7 nitrogen and oxygen atoms in total. The van der Waals surface area contributed by atoms with Gasteiger partial charge in [0.15, 0.2) is 0 Å². The smallest absolute Gasteiger partial charge is 0.244 e. The van der Waals surface area contributed by atoms with Crippen LogP contribution in [0.1, 0.15) is 44.2 Å². The zero-order valence-electron chi connectivity index (χ0n) is 20.3. The standard InChI is InChI=1S/C25H34BrN3O4S/c1-5-7-16-27-25(31)22(6-2)28(17-20-13-9-8-12-19(20)3)24(30)18-29(34(4,32)33)23-15-11-10-14-21(23)26/h8-15,22H,5-7,16-18H2,1-4H3,(H,27,31). The molecule has 1 unspecified atom stereocenters. The van der Waals surface area contributed by atoms with E-state index in [2.05, 4.69) is 21.2 Å². The first kappa shape index (κ1) is 27.9. The number of carbonyl (C=O) groups is 2. The lowest BCUT2D eigenvalue weighted by molar-refractivity contribution is -0.140. The van der Waals surface area contributed by atoms with Crippen molar-refractivity contribution in [3.63, 3.8) is 0 Å². The molecule has 1 N–H and O–H groups in total. The molecule has 0 aliphatic carbocycles. The van der Waals surface area contributed by atoms with E-state index in [9.17, 15) is 18.0 Å². The average Bonchev–Trinajstić information content (AvgIpc) is 2.78. The fourth-order valence-electron chi connectivity index (χ4n) is 3.65. The molecule has 34 heavy (non-hydrogen) atoms. The van der Waals surface area contributed by atoms with Crippen LogP contribution in [0.4, 0.5) is 5.69 Å². The summed E-state index contributed by atoms with van der Waals surface area (Å²) in [5.74, 6) is -0.674. The van der Waals surface area contributed by atoms with Gasteiger partial charge in [0.2, 0.25) is 21.8 Å². The van der Waals surface area contributed by atoms with E-state index >= 15 is 0 Å². The summed E-state index contributed by atoms with van der Waals surface area (Å²) in [5.41, 5.74) is 2.27. The number of carbonyl (C=O) groups excluding carboxylic acids is 2. The molecule has 2 rings (SSSR count). The highest BCUT2D eigenvalue weighted by molar-refractivity contribution is 9.10. The lowest BCUT2D eigenvalue weighted by atomic mass is 10.1. The maximum atomic E-state index is 13.7. The summed E-state index contributed by atoms with van der Waals surface area (Å²) in [6, 6.07) is 13.8. The molecule has 2 aromatic rings. The number of nitrogens with zero attached hydrogens (tertiary/aromatic N) is 2. The molecular weight excluding hydrogens is 518 g/mol. The first-order valence-electron chi connectivity index (χ1n) is 11.4. The normalized spacial score (nSPS) is 12.1. The van der Waals surface area contributed by atoms with Gasteiger partial charge in [0.05, 0.1) is 11.9 Å². The minimum atomic E-state index is -3.77. The lowest BCUT2D eigenvalue weighted by Gasteiger charge is -2.33. The summed E-state index contributed by atoms with van der Waals surface area (Å²) in [5, 5.41) is 2.92. The van der Waals surface area contributed by atoms with Crippen molar-refractivity contribution in [2.45, 2.75) is 52.6 Å². The first-order chi connectivity index (χ1) is 16.1. The number of para-hydroxylation sites is 1. The SMILES string of the molecule is CCCCNC(=O)C(CC)N(Cc1ccccc1C)C(=O)CN(c1ccccc1Br)S(C)(=O)=O. The third-order valence-corrected chi connectivity index (χ3v) is 7.41. The molecule has 2 amide bonds. The average molecular weight is 553 g/mol. The van der Waals surface area contributed by atoms with Crippen molar-refractivity contribution in [3.05, 3.63) is 64.1 Å². The maximum Gasteiger partial charge on any atom is 0.244 e. The zero-order valence-corrected chi connectivity index (χ0v) is 22.7. The topological polar surface area (TPSA) is 86.8 Å². The second kappa shape index (κ2) is 12.9. The van der Waals surface area contributed by atoms with Gasteiger partial charge in [0.25, 0.3) is 0 Å². The number of benzene rings is 2. The Morgan fingerprint density at radius 2 is 1.71 bits per heavy atom. The van der Waals surface area contributed by atoms with Gasteiger partial charge in [0.1, 0.15) is 12.6 Å². The Morgan fingerprint density at radius 1 is 1.06 bits per heavy atom. The van der Waals surface area contributed by atoms with Crippen molar-refractivity contribution in [2.75, 3.05) is 23.7 Å². The number of anilines is 1. The van der Waals surface area contributed by atoms with Crippen molar-refractivity contribution in [1.29, 1.82) is 0 Å². The lowest BCUT2D eigenvalue weighted by Crippen LogP contribution is -2.52. The van der Waals surface area contributed by atoms with E-state index in [1.165, 1.54) is 4.90 Å². The Kier molecular flexibility index (Phi) is 10.6. The van der Waals surface area contributed by atoms with Gasteiger partial charge in [0, 0.05) is 17.6 Å². The minimum absolute atomic E-state index is 0.207. The van der Waals surface area contributed by atoms with Crippen LogP contribution in [0, 0.1) is 6.92 Å². The Bertz CT molecular complexity index is 1090. The molecule has 1 atom stereocenters. The van der Waals surface area contributed by atoms with Crippen molar-refractivity contribution >= 4 is 43.5 Å². The Morgan fingerprint density at radius 3 is 2.29 bits per heavy atom. The van der Waals surface area contributed by atoms with Crippen LogP contribution >= 0.6 is 15.9 Å². The van der Waals surface area contributed by atoms with Crippen LogP contribution in [0.5, 0.6) is 0 Å². The molecule has 2 aromatic carbocycles. The van der Waals surface area contributed by atoms with Gasteiger partial charge >= 0.3 is 0 Å². The van der Waals surface area contributed by atoms with E-state index in [0.29, 0.717) is 23.1 Å². The molecule has 0 heterocycles. The highest BCUT2D eigenvalue weighted by Crippen LogP contribution is 2.28. The number of halogens is 1. The number of hydrogen-bond acceptors (Lipinski definition) is 4. The summed E-state index contributed by atoms with van der Waals surface area (Å²) in [7, 11) is -3.77. The summed E-state index contributed by atoms with van der Waals surface area (Å²) in [6.45, 7) is 6.17. The predicted molar refractivity (Wildman–Crippen MR) is 140 cm³/mol. The largest absolute Gasteiger partial charge is 0.354 e. The van der Waals surface area contributed by atoms with Crippen LogP contribution in [0.2, 0.25) is 0 Å². The number of aryl methyl sites for hydroxylation is 1. The van der Waals surface area contributed by atoms with Gasteiger partial charge in [-0.1, -0.05) is 56.7 Å². The van der Waals surface area contributed by atoms with Gasteiger partial charge in [-0.15, -0.1) is 0 Å². The van der Waals surface area contributed by atoms with Gasteiger partial charge in [-0.05, 0) is 59.0 Å². The number of hydrogen-bond donors (Lipinski definition) is 1. The van der Waals surface area contributed by atoms with Crippen LogP contribution in [0.15, 0.2) is 53.0 Å². The van der Waals surface area contributed by atoms with E-state index in [4.69, 9.17) is 0 Å². The highest BCUT2D eigenvalue weighted by atomic mass is 79.9. The van der Waals surface area contributed by atoms with Gasteiger partial charge in [-0.2, -0.15) is 0 Å². The first-order valence-corrected chi connectivity index (χ1v) is 14.1. The van der Waals surface area contributed by atoms with E-state index in [1.807, 2.05) is 45.0 Å². The Hall–Kier alpha value is -2.39. The summed E-state index contributed by atoms with van der Waals surface area (Å²) >= 11 is 3.39. The third-order valence-electron chi connectivity index (χ3n) is 5.62. The van der Waals surface area contributed by atoms with E-state index < -0.39 is 28.5 Å². The van der Waals surface area contributed by atoms with Crippen LogP contribution in [-0.4, -0.2) is 50.5 Å². The second-order valence-corrected chi connectivity index (χ2v) is 11.0. The number of nitrogens with one attached hydrogen (secondary N) is 1. The quantitative estimate of drug-likeness (QED) is 0.399. The maximum absolute atomic E-state index is 13.7. The van der Waals surface area contributed by atoms with Crippen molar-refractivity contribution in [1.82, 2.24) is 10.2 Å². The second-order valence-electron chi connectivity index (χ2n) is 8.24. The predicted octanol–water partition coefficient (Wildman–Crippen LogP) is 4.25. The highest BCUT2D eigenvalue weighted by Gasteiger charge is 2.32. The van der Waals surface area contributed by atoms with E-state index in [0.717, 1.165) is 34.5 Å². The molecular formula is C25H34BrN3O4S.